The molecule has 100 valence electrons. The molecule has 1 fully saturated rings. The van der Waals surface area contributed by atoms with Gasteiger partial charge < -0.3 is 14.6 Å². The Morgan fingerprint density at radius 1 is 1.33 bits per heavy atom. The van der Waals surface area contributed by atoms with Gasteiger partial charge in [-0.25, -0.2) is 0 Å². The molecule has 0 spiro atoms. The van der Waals surface area contributed by atoms with E-state index in [2.05, 4.69) is 0 Å². The van der Waals surface area contributed by atoms with Crippen molar-refractivity contribution in [2.45, 2.75) is 32.3 Å². The molecule has 0 amide bonds. The number of ether oxygens (including phenoxy) is 2. The Kier molecular flexibility index (Phi) is 4.72. The van der Waals surface area contributed by atoms with Gasteiger partial charge in [-0.05, 0) is 36.5 Å². The molecule has 0 bridgehead atoms. The van der Waals surface area contributed by atoms with Gasteiger partial charge in [0.15, 0.2) is 11.5 Å². The molecule has 0 aromatic heterocycles. The molecule has 18 heavy (non-hydrogen) atoms. The van der Waals surface area contributed by atoms with Crippen LogP contribution in [-0.4, -0.2) is 18.8 Å². The lowest BCUT2D eigenvalue weighted by atomic mass is 10.1. The fourth-order valence-electron chi connectivity index (χ4n) is 2.38. The van der Waals surface area contributed by atoms with Gasteiger partial charge in [0.2, 0.25) is 0 Å². The molecule has 0 saturated heterocycles. The van der Waals surface area contributed by atoms with Gasteiger partial charge in [0.05, 0.1) is 25.3 Å². The first-order valence-corrected chi connectivity index (χ1v) is 6.72. The molecule has 1 aliphatic carbocycles. The Labute approximate surface area is 113 Å². The highest BCUT2D eigenvalue weighted by Crippen LogP contribution is 2.37. The van der Waals surface area contributed by atoms with Gasteiger partial charge in [0, 0.05) is 0 Å². The standard InChI is InChI=1S/C14H19ClO3/c1-17-13-7-11(8-16)6-12(15)14(13)18-9-10-4-2-3-5-10/h6-7,10,16H,2-5,8-9H2,1H3. The van der Waals surface area contributed by atoms with E-state index < -0.39 is 0 Å². The van der Waals surface area contributed by atoms with Crippen molar-refractivity contribution >= 4 is 11.6 Å². The van der Waals surface area contributed by atoms with Crippen LogP contribution in [0.1, 0.15) is 31.2 Å². The summed E-state index contributed by atoms with van der Waals surface area (Å²) in [7, 11) is 1.58. The molecule has 1 saturated carbocycles. The average Bonchev–Trinajstić information content (AvgIpc) is 2.89. The fourth-order valence-corrected chi connectivity index (χ4v) is 2.67. The zero-order chi connectivity index (χ0) is 13.0. The van der Waals surface area contributed by atoms with Crippen LogP contribution >= 0.6 is 11.6 Å². The molecular formula is C14H19ClO3. The van der Waals surface area contributed by atoms with E-state index >= 15 is 0 Å². The molecule has 1 aromatic carbocycles. The van der Waals surface area contributed by atoms with E-state index in [0.29, 0.717) is 29.0 Å². The summed E-state index contributed by atoms with van der Waals surface area (Å²) >= 11 is 6.16. The van der Waals surface area contributed by atoms with Gasteiger partial charge in [-0.3, -0.25) is 0 Å². The molecule has 1 aliphatic rings. The van der Waals surface area contributed by atoms with E-state index in [-0.39, 0.29) is 6.61 Å². The number of hydrogen-bond acceptors (Lipinski definition) is 3. The van der Waals surface area contributed by atoms with E-state index in [1.807, 2.05) is 0 Å². The Morgan fingerprint density at radius 3 is 2.67 bits per heavy atom. The Morgan fingerprint density at radius 2 is 2.06 bits per heavy atom. The zero-order valence-corrected chi connectivity index (χ0v) is 11.4. The van der Waals surface area contributed by atoms with E-state index in [1.165, 1.54) is 25.7 Å². The minimum Gasteiger partial charge on any atom is -0.493 e. The van der Waals surface area contributed by atoms with Crippen LogP contribution in [0, 0.1) is 5.92 Å². The van der Waals surface area contributed by atoms with Crippen LogP contribution in [0.5, 0.6) is 11.5 Å². The molecule has 4 heteroatoms. The number of hydrogen-bond donors (Lipinski definition) is 1. The minimum absolute atomic E-state index is 0.0566. The Hall–Kier alpha value is -0.930. The summed E-state index contributed by atoms with van der Waals surface area (Å²) in [5.74, 6) is 1.80. The third kappa shape index (κ3) is 3.09. The van der Waals surface area contributed by atoms with Crippen LogP contribution in [-0.2, 0) is 6.61 Å². The van der Waals surface area contributed by atoms with Gasteiger partial charge in [-0.15, -0.1) is 0 Å². The van der Waals surface area contributed by atoms with Gasteiger partial charge in [-0.2, -0.15) is 0 Å². The topological polar surface area (TPSA) is 38.7 Å². The maximum Gasteiger partial charge on any atom is 0.179 e. The van der Waals surface area contributed by atoms with Crippen molar-refractivity contribution in [2.24, 2.45) is 5.92 Å². The molecule has 1 aromatic rings. The maximum absolute atomic E-state index is 9.12. The van der Waals surface area contributed by atoms with Crippen LogP contribution < -0.4 is 9.47 Å². The summed E-state index contributed by atoms with van der Waals surface area (Å²) in [6.07, 6.45) is 5.05. The number of aliphatic hydroxyl groups is 1. The summed E-state index contributed by atoms with van der Waals surface area (Å²) in [6.45, 7) is 0.632. The van der Waals surface area contributed by atoms with Gasteiger partial charge in [0.25, 0.3) is 0 Å². The smallest absolute Gasteiger partial charge is 0.179 e. The van der Waals surface area contributed by atoms with Gasteiger partial charge in [-0.1, -0.05) is 24.4 Å². The molecule has 0 heterocycles. The second-order valence-corrected chi connectivity index (χ2v) is 5.14. The lowest BCUT2D eigenvalue weighted by Gasteiger charge is -2.16. The fraction of sp³-hybridized carbons (Fsp3) is 0.571. The van der Waals surface area contributed by atoms with Crippen LogP contribution in [0.2, 0.25) is 5.02 Å². The van der Waals surface area contributed by atoms with Crippen molar-refractivity contribution in [2.75, 3.05) is 13.7 Å². The van der Waals surface area contributed by atoms with E-state index in [1.54, 1.807) is 19.2 Å². The van der Waals surface area contributed by atoms with Crippen molar-refractivity contribution in [3.05, 3.63) is 22.7 Å². The first kappa shape index (κ1) is 13.5. The second-order valence-electron chi connectivity index (χ2n) is 4.73. The monoisotopic (exact) mass is 270 g/mol. The summed E-state index contributed by atoms with van der Waals surface area (Å²) < 4.78 is 11.1. The van der Waals surface area contributed by atoms with Crippen molar-refractivity contribution < 1.29 is 14.6 Å². The first-order valence-electron chi connectivity index (χ1n) is 6.34. The summed E-state index contributed by atoms with van der Waals surface area (Å²) in [5.41, 5.74) is 0.727. The summed E-state index contributed by atoms with van der Waals surface area (Å²) in [4.78, 5) is 0. The molecular weight excluding hydrogens is 252 g/mol. The zero-order valence-electron chi connectivity index (χ0n) is 10.6. The van der Waals surface area contributed by atoms with Crippen LogP contribution in [0.4, 0.5) is 0 Å². The molecule has 0 aliphatic heterocycles. The number of benzene rings is 1. The Bertz CT molecular complexity index is 400. The highest BCUT2D eigenvalue weighted by atomic mass is 35.5. The lowest BCUT2D eigenvalue weighted by molar-refractivity contribution is 0.240. The van der Waals surface area contributed by atoms with E-state index in [9.17, 15) is 0 Å². The predicted octanol–water partition coefficient (Wildman–Crippen LogP) is 3.41. The average molecular weight is 271 g/mol. The predicted molar refractivity (Wildman–Crippen MR) is 71.4 cm³/mol. The Balaban J connectivity index is 2.10. The van der Waals surface area contributed by atoms with Crippen LogP contribution in [0.15, 0.2) is 12.1 Å². The quantitative estimate of drug-likeness (QED) is 0.891. The summed E-state index contributed by atoms with van der Waals surface area (Å²) in [5, 5.41) is 9.62. The highest BCUT2D eigenvalue weighted by molar-refractivity contribution is 6.32. The number of rotatable bonds is 5. The molecule has 0 unspecified atom stereocenters. The molecule has 0 atom stereocenters. The number of methoxy groups -OCH3 is 1. The normalized spacial score (nSPS) is 15.9. The SMILES string of the molecule is COc1cc(CO)cc(Cl)c1OCC1CCCC1. The van der Waals surface area contributed by atoms with E-state index in [0.717, 1.165) is 5.56 Å². The second kappa shape index (κ2) is 6.30. The first-order chi connectivity index (χ1) is 8.74. The molecule has 0 radical (unpaired) electrons. The third-order valence-electron chi connectivity index (χ3n) is 3.41. The summed E-state index contributed by atoms with van der Waals surface area (Å²) in [6, 6.07) is 3.48. The molecule has 2 rings (SSSR count). The molecule has 1 N–H and O–H groups in total. The number of aliphatic hydroxyl groups excluding tert-OH is 1. The van der Waals surface area contributed by atoms with Gasteiger partial charge in [0.1, 0.15) is 0 Å². The van der Waals surface area contributed by atoms with Crippen molar-refractivity contribution in [3.63, 3.8) is 0 Å². The maximum atomic E-state index is 9.12. The van der Waals surface area contributed by atoms with Crippen LogP contribution in [0.25, 0.3) is 0 Å². The molecule has 3 nitrogen and oxygen atoms in total. The van der Waals surface area contributed by atoms with Crippen molar-refractivity contribution in [1.82, 2.24) is 0 Å². The van der Waals surface area contributed by atoms with Crippen LogP contribution in [0.3, 0.4) is 0 Å². The minimum atomic E-state index is -0.0566. The third-order valence-corrected chi connectivity index (χ3v) is 3.69. The van der Waals surface area contributed by atoms with Crippen molar-refractivity contribution in [1.29, 1.82) is 0 Å². The van der Waals surface area contributed by atoms with Gasteiger partial charge >= 0.3 is 0 Å². The van der Waals surface area contributed by atoms with Crippen molar-refractivity contribution in [3.8, 4) is 11.5 Å². The largest absolute Gasteiger partial charge is 0.493 e. The van der Waals surface area contributed by atoms with E-state index in [4.69, 9.17) is 26.2 Å². The number of halogens is 1. The lowest BCUT2D eigenvalue weighted by Crippen LogP contribution is -2.09. The highest BCUT2D eigenvalue weighted by Gasteiger charge is 2.18.